The summed E-state index contributed by atoms with van der Waals surface area (Å²) in [5.74, 6) is 0.151. The SMILES string of the molecule is COc1ccc(C)cc1S(=O)(=O)N(C)c1ccc2sc(C(=O)NC[C@H]3CCCO3)cc2c1. The van der Waals surface area contributed by atoms with Crippen LogP contribution in [0.4, 0.5) is 5.69 Å². The van der Waals surface area contributed by atoms with Gasteiger partial charge in [0.2, 0.25) is 0 Å². The summed E-state index contributed by atoms with van der Waals surface area (Å²) < 4.78 is 39.6. The van der Waals surface area contributed by atoms with Gasteiger partial charge in [-0.2, -0.15) is 0 Å². The average molecular weight is 475 g/mol. The van der Waals surface area contributed by atoms with Crippen LogP contribution in [-0.2, 0) is 14.8 Å². The lowest BCUT2D eigenvalue weighted by molar-refractivity contribution is 0.0861. The molecule has 0 aliphatic carbocycles. The van der Waals surface area contributed by atoms with E-state index in [9.17, 15) is 13.2 Å². The van der Waals surface area contributed by atoms with Crippen molar-refractivity contribution in [1.82, 2.24) is 5.32 Å². The van der Waals surface area contributed by atoms with E-state index in [0.29, 0.717) is 22.9 Å². The maximum Gasteiger partial charge on any atom is 0.267 e. The van der Waals surface area contributed by atoms with Crippen LogP contribution < -0.4 is 14.4 Å². The summed E-state index contributed by atoms with van der Waals surface area (Å²) in [6, 6.07) is 12.2. The van der Waals surface area contributed by atoms with Crippen molar-refractivity contribution < 1.29 is 22.7 Å². The molecular formula is C23H26N2O5S2. The molecule has 1 aliphatic heterocycles. The molecule has 1 aromatic heterocycles. The van der Waals surface area contributed by atoms with Gasteiger partial charge < -0.3 is 14.8 Å². The third kappa shape index (κ3) is 4.46. The summed E-state index contributed by atoms with van der Waals surface area (Å²) in [6.07, 6.45) is 2.07. The van der Waals surface area contributed by atoms with E-state index < -0.39 is 10.0 Å². The maximum absolute atomic E-state index is 13.3. The lowest BCUT2D eigenvalue weighted by Crippen LogP contribution is -2.31. The fourth-order valence-corrected chi connectivity index (χ4v) is 6.10. The zero-order valence-corrected chi connectivity index (χ0v) is 19.9. The Labute approximate surface area is 192 Å². The first kappa shape index (κ1) is 22.6. The first-order chi connectivity index (χ1) is 15.3. The van der Waals surface area contributed by atoms with Crippen LogP contribution in [0.2, 0.25) is 0 Å². The lowest BCUT2D eigenvalue weighted by Gasteiger charge is -2.21. The molecule has 3 aromatic rings. The summed E-state index contributed by atoms with van der Waals surface area (Å²) >= 11 is 1.38. The molecule has 0 radical (unpaired) electrons. The van der Waals surface area contributed by atoms with E-state index in [0.717, 1.165) is 35.1 Å². The van der Waals surface area contributed by atoms with Gasteiger partial charge >= 0.3 is 0 Å². The Morgan fingerprint density at radius 1 is 1.25 bits per heavy atom. The van der Waals surface area contributed by atoms with Crippen LogP contribution in [0.5, 0.6) is 5.75 Å². The van der Waals surface area contributed by atoms with E-state index in [4.69, 9.17) is 9.47 Å². The van der Waals surface area contributed by atoms with Gasteiger partial charge in [0.25, 0.3) is 15.9 Å². The van der Waals surface area contributed by atoms with E-state index in [-0.39, 0.29) is 16.9 Å². The number of thiophene rings is 1. The van der Waals surface area contributed by atoms with E-state index in [1.807, 2.05) is 13.0 Å². The molecule has 0 spiro atoms. The van der Waals surface area contributed by atoms with Crippen molar-refractivity contribution in [3.8, 4) is 5.75 Å². The number of sulfonamides is 1. The summed E-state index contributed by atoms with van der Waals surface area (Å²) in [4.78, 5) is 13.3. The molecule has 1 amide bonds. The van der Waals surface area contributed by atoms with Crippen molar-refractivity contribution in [1.29, 1.82) is 0 Å². The van der Waals surface area contributed by atoms with Crippen molar-refractivity contribution in [2.75, 3.05) is 31.6 Å². The largest absolute Gasteiger partial charge is 0.495 e. The Balaban J connectivity index is 1.58. The minimum atomic E-state index is -3.84. The number of nitrogens with one attached hydrogen (secondary N) is 1. The molecule has 0 saturated carbocycles. The van der Waals surface area contributed by atoms with E-state index in [1.54, 1.807) is 36.4 Å². The van der Waals surface area contributed by atoms with Crippen LogP contribution in [0.3, 0.4) is 0 Å². The Morgan fingerprint density at radius 3 is 2.78 bits per heavy atom. The number of nitrogens with zero attached hydrogens (tertiary/aromatic N) is 1. The van der Waals surface area contributed by atoms with Gasteiger partial charge in [0, 0.05) is 24.9 Å². The molecule has 4 rings (SSSR count). The topological polar surface area (TPSA) is 84.9 Å². The average Bonchev–Trinajstić information content (AvgIpc) is 3.46. The van der Waals surface area contributed by atoms with Gasteiger partial charge in [0.1, 0.15) is 10.6 Å². The van der Waals surface area contributed by atoms with Crippen LogP contribution in [0.15, 0.2) is 47.4 Å². The number of methoxy groups -OCH3 is 1. The molecule has 9 heteroatoms. The number of anilines is 1. The van der Waals surface area contributed by atoms with Gasteiger partial charge in [-0.25, -0.2) is 8.42 Å². The molecule has 170 valence electrons. The number of benzene rings is 2. The first-order valence-corrected chi connectivity index (χ1v) is 12.6. The van der Waals surface area contributed by atoms with E-state index in [2.05, 4.69) is 5.32 Å². The highest BCUT2D eigenvalue weighted by Crippen LogP contribution is 2.33. The fraction of sp³-hybridized carbons (Fsp3) is 0.348. The highest BCUT2D eigenvalue weighted by Gasteiger charge is 2.26. The zero-order chi connectivity index (χ0) is 22.9. The molecular weight excluding hydrogens is 448 g/mol. The smallest absolute Gasteiger partial charge is 0.267 e. The molecule has 1 N–H and O–H groups in total. The van der Waals surface area contributed by atoms with E-state index >= 15 is 0 Å². The predicted octanol–water partition coefficient (Wildman–Crippen LogP) is 3.95. The molecule has 0 unspecified atom stereocenters. The van der Waals surface area contributed by atoms with Crippen molar-refractivity contribution in [3.63, 3.8) is 0 Å². The highest BCUT2D eigenvalue weighted by molar-refractivity contribution is 7.93. The third-order valence-corrected chi connectivity index (χ3v) is 8.48. The van der Waals surface area contributed by atoms with Crippen LogP contribution in [0.1, 0.15) is 28.1 Å². The van der Waals surface area contributed by atoms with Crippen LogP contribution >= 0.6 is 11.3 Å². The van der Waals surface area contributed by atoms with Gasteiger partial charge in [-0.15, -0.1) is 11.3 Å². The number of ether oxygens (including phenoxy) is 2. The van der Waals surface area contributed by atoms with Crippen LogP contribution in [-0.4, -0.2) is 47.7 Å². The predicted molar refractivity (Wildman–Crippen MR) is 126 cm³/mol. The zero-order valence-electron chi connectivity index (χ0n) is 18.3. The first-order valence-electron chi connectivity index (χ1n) is 10.4. The highest BCUT2D eigenvalue weighted by atomic mass is 32.2. The molecule has 7 nitrogen and oxygen atoms in total. The Hall–Kier alpha value is -2.62. The van der Waals surface area contributed by atoms with Crippen molar-refractivity contribution in [2.24, 2.45) is 0 Å². The molecule has 1 atom stereocenters. The Bertz CT molecular complexity index is 1250. The number of hydrogen-bond donors (Lipinski definition) is 1. The maximum atomic E-state index is 13.3. The minimum absolute atomic E-state index is 0.0809. The van der Waals surface area contributed by atoms with Gasteiger partial charge in [0.05, 0.1) is 23.8 Å². The normalized spacial score (nSPS) is 16.3. The Morgan fingerprint density at radius 2 is 2.06 bits per heavy atom. The molecule has 1 fully saturated rings. The van der Waals surface area contributed by atoms with Gasteiger partial charge in [-0.1, -0.05) is 6.07 Å². The molecule has 1 saturated heterocycles. The molecule has 32 heavy (non-hydrogen) atoms. The quantitative estimate of drug-likeness (QED) is 0.560. The number of amides is 1. The lowest BCUT2D eigenvalue weighted by atomic mass is 10.2. The van der Waals surface area contributed by atoms with Gasteiger partial charge in [-0.05, 0) is 67.1 Å². The van der Waals surface area contributed by atoms with E-state index in [1.165, 1.54) is 29.8 Å². The minimum Gasteiger partial charge on any atom is -0.495 e. The third-order valence-electron chi connectivity index (χ3n) is 5.56. The second-order valence-electron chi connectivity index (χ2n) is 7.80. The second-order valence-corrected chi connectivity index (χ2v) is 10.8. The molecule has 2 heterocycles. The number of hydrogen-bond acceptors (Lipinski definition) is 6. The molecule has 1 aliphatic rings. The number of carbonyl (C=O) groups is 1. The number of aryl methyl sites for hydroxylation is 1. The Kier molecular flexibility index (Phi) is 6.41. The number of carbonyl (C=O) groups excluding carboxylic acids is 1. The van der Waals surface area contributed by atoms with Gasteiger partial charge in [-0.3, -0.25) is 9.10 Å². The van der Waals surface area contributed by atoms with Crippen molar-refractivity contribution >= 4 is 43.0 Å². The summed E-state index contributed by atoms with van der Waals surface area (Å²) in [5.41, 5.74) is 1.33. The monoisotopic (exact) mass is 474 g/mol. The van der Waals surface area contributed by atoms with Crippen LogP contribution in [0.25, 0.3) is 10.1 Å². The summed E-state index contributed by atoms with van der Waals surface area (Å²) in [5, 5.41) is 3.74. The number of rotatable bonds is 7. The van der Waals surface area contributed by atoms with Crippen molar-refractivity contribution in [3.05, 3.63) is 52.9 Å². The molecule has 2 aromatic carbocycles. The number of fused-ring (bicyclic) bond motifs is 1. The summed E-state index contributed by atoms with van der Waals surface area (Å²) in [6.45, 7) is 3.08. The van der Waals surface area contributed by atoms with Gasteiger partial charge in [0.15, 0.2) is 0 Å². The summed E-state index contributed by atoms with van der Waals surface area (Å²) in [7, 11) is -0.870. The standard InChI is InChI=1S/C23H26N2O5S2/c1-15-6-8-19(29-3)22(11-15)32(27,28)25(2)17-7-9-20-16(12-17)13-21(31-20)23(26)24-14-18-5-4-10-30-18/h6-9,11-13,18H,4-5,10,14H2,1-3H3,(H,24,26)/t18-/m1/s1. The van der Waals surface area contributed by atoms with Crippen molar-refractivity contribution in [2.45, 2.75) is 30.8 Å². The van der Waals surface area contributed by atoms with Crippen LogP contribution in [0, 0.1) is 6.92 Å². The molecule has 0 bridgehead atoms. The second kappa shape index (κ2) is 9.09. The fourth-order valence-electron chi connectivity index (χ4n) is 3.71.